The minimum absolute atomic E-state index is 0.237. The third-order valence-electron chi connectivity index (χ3n) is 5.27. The van der Waals surface area contributed by atoms with Gasteiger partial charge in [-0.2, -0.15) is 0 Å². The van der Waals surface area contributed by atoms with E-state index in [0.717, 1.165) is 34.1 Å². The monoisotopic (exact) mass is 350 g/mol. The van der Waals surface area contributed by atoms with E-state index in [1.54, 1.807) is 0 Å². The summed E-state index contributed by atoms with van der Waals surface area (Å²) in [4.78, 5) is 9.59. The van der Waals surface area contributed by atoms with Crippen molar-refractivity contribution in [3.63, 3.8) is 0 Å². The molecule has 0 fully saturated rings. The smallest absolute Gasteiger partial charge is 0.217 e. The Morgan fingerprint density at radius 3 is 1.54 bits per heavy atom. The Kier molecular flexibility index (Phi) is 4.43. The van der Waals surface area contributed by atoms with E-state index in [1.165, 1.54) is 0 Å². The van der Waals surface area contributed by atoms with Gasteiger partial charge in [0, 0.05) is 11.1 Å². The van der Waals surface area contributed by atoms with Gasteiger partial charge in [-0.25, -0.2) is 9.98 Å². The first kappa shape index (κ1) is 17.1. The van der Waals surface area contributed by atoms with Crippen LogP contribution in [0.3, 0.4) is 0 Å². The van der Waals surface area contributed by atoms with Gasteiger partial charge in [0.1, 0.15) is 13.2 Å². The number of nitrogens with zero attached hydrogens (tertiary/aromatic N) is 2. The van der Waals surface area contributed by atoms with Gasteiger partial charge >= 0.3 is 0 Å². The van der Waals surface area contributed by atoms with Crippen molar-refractivity contribution in [3.8, 4) is 0 Å². The predicted octanol–water partition coefficient (Wildman–Crippen LogP) is 4.18. The van der Waals surface area contributed by atoms with Crippen LogP contribution >= 0.6 is 0 Å². The van der Waals surface area contributed by atoms with Crippen molar-refractivity contribution in [2.75, 3.05) is 13.2 Å². The SMILES string of the molecule is CC(C)[C@H]1COC(C2=CC=CC2=C2C=CC=C2C2=N[C@@H](C(C)C)CO2)=N1. The fourth-order valence-electron chi connectivity index (χ4n) is 3.44. The highest BCUT2D eigenvalue weighted by atomic mass is 16.5. The van der Waals surface area contributed by atoms with Crippen molar-refractivity contribution in [2.24, 2.45) is 21.8 Å². The van der Waals surface area contributed by atoms with Crippen LogP contribution in [0.2, 0.25) is 0 Å². The van der Waals surface area contributed by atoms with E-state index >= 15 is 0 Å². The van der Waals surface area contributed by atoms with E-state index in [-0.39, 0.29) is 12.1 Å². The topological polar surface area (TPSA) is 43.2 Å². The molecule has 4 heteroatoms. The van der Waals surface area contributed by atoms with E-state index in [0.29, 0.717) is 25.0 Å². The maximum atomic E-state index is 5.91. The summed E-state index contributed by atoms with van der Waals surface area (Å²) in [6.45, 7) is 10.1. The molecule has 2 aliphatic heterocycles. The Bertz CT molecular complexity index is 751. The first-order valence-electron chi connectivity index (χ1n) is 9.48. The zero-order chi connectivity index (χ0) is 18.3. The van der Waals surface area contributed by atoms with Gasteiger partial charge in [-0.05, 0) is 35.1 Å². The Labute approximate surface area is 155 Å². The molecule has 4 rings (SSSR count). The van der Waals surface area contributed by atoms with Crippen LogP contribution in [0.25, 0.3) is 0 Å². The number of allylic oxidation sites excluding steroid dienone is 6. The zero-order valence-corrected chi connectivity index (χ0v) is 15.9. The van der Waals surface area contributed by atoms with Gasteiger partial charge in [-0.15, -0.1) is 0 Å². The average molecular weight is 350 g/mol. The van der Waals surface area contributed by atoms with Gasteiger partial charge in [0.15, 0.2) is 0 Å². The minimum atomic E-state index is 0.237. The summed E-state index contributed by atoms with van der Waals surface area (Å²) in [5, 5.41) is 0. The summed E-state index contributed by atoms with van der Waals surface area (Å²) >= 11 is 0. The molecule has 4 nitrogen and oxygen atoms in total. The second kappa shape index (κ2) is 6.75. The second-order valence-corrected chi connectivity index (χ2v) is 7.82. The van der Waals surface area contributed by atoms with E-state index in [9.17, 15) is 0 Å². The highest BCUT2D eigenvalue weighted by molar-refractivity contribution is 6.06. The summed E-state index contributed by atoms with van der Waals surface area (Å²) in [5.74, 6) is 2.47. The molecule has 0 spiro atoms. The predicted molar refractivity (Wildman–Crippen MR) is 105 cm³/mol. The van der Waals surface area contributed by atoms with E-state index in [1.807, 2.05) is 0 Å². The summed E-state index contributed by atoms with van der Waals surface area (Å²) in [6.07, 6.45) is 12.5. The maximum absolute atomic E-state index is 5.91. The van der Waals surface area contributed by atoms with Crippen molar-refractivity contribution in [2.45, 2.75) is 39.8 Å². The van der Waals surface area contributed by atoms with E-state index in [2.05, 4.69) is 64.2 Å². The van der Waals surface area contributed by atoms with E-state index in [4.69, 9.17) is 19.5 Å². The Hall–Kier alpha value is -2.36. The third-order valence-corrected chi connectivity index (χ3v) is 5.27. The summed E-state index contributed by atoms with van der Waals surface area (Å²) in [6, 6.07) is 0.474. The van der Waals surface area contributed by atoms with Gasteiger partial charge in [0.2, 0.25) is 11.8 Å². The Morgan fingerprint density at radius 1 is 0.769 bits per heavy atom. The molecule has 0 amide bonds. The lowest BCUT2D eigenvalue weighted by Gasteiger charge is -2.11. The molecule has 2 atom stereocenters. The van der Waals surface area contributed by atoms with Crippen LogP contribution in [-0.2, 0) is 9.47 Å². The number of rotatable bonds is 4. The molecule has 0 unspecified atom stereocenters. The molecule has 0 aromatic heterocycles. The van der Waals surface area contributed by atoms with Gasteiger partial charge in [0.05, 0.1) is 12.1 Å². The number of hydrogen-bond acceptors (Lipinski definition) is 4. The van der Waals surface area contributed by atoms with Gasteiger partial charge in [0.25, 0.3) is 0 Å². The number of aliphatic imine (C=N–C) groups is 2. The molecular weight excluding hydrogens is 324 g/mol. The van der Waals surface area contributed by atoms with Crippen molar-refractivity contribution >= 4 is 11.8 Å². The highest BCUT2D eigenvalue weighted by Gasteiger charge is 2.31. The van der Waals surface area contributed by atoms with Crippen molar-refractivity contribution in [3.05, 3.63) is 58.7 Å². The lowest BCUT2D eigenvalue weighted by atomic mass is 9.98. The number of hydrogen-bond donors (Lipinski definition) is 0. The van der Waals surface area contributed by atoms with Gasteiger partial charge < -0.3 is 9.47 Å². The molecule has 2 aliphatic carbocycles. The third kappa shape index (κ3) is 2.98. The molecule has 136 valence electrons. The number of ether oxygens (including phenoxy) is 2. The first-order valence-corrected chi connectivity index (χ1v) is 9.48. The quantitative estimate of drug-likeness (QED) is 0.763. The Balaban J connectivity index is 1.64. The van der Waals surface area contributed by atoms with Crippen LogP contribution in [0.15, 0.2) is 68.7 Å². The van der Waals surface area contributed by atoms with E-state index < -0.39 is 0 Å². The van der Waals surface area contributed by atoms with Crippen molar-refractivity contribution < 1.29 is 9.47 Å². The lowest BCUT2D eigenvalue weighted by molar-refractivity contribution is 0.291. The van der Waals surface area contributed by atoms with Crippen LogP contribution in [0.4, 0.5) is 0 Å². The van der Waals surface area contributed by atoms with Gasteiger partial charge in [-0.1, -0.05) is 52.0 Å². The van der Waals surface area contributed by atoms with Crippen LogP contribution in [0, 0.1) is 11.8 Å². The standard InChI is InChI=1S/C22H26N2O2/c1-13(2)19-11-25-21(23-19)17-9-5-7-15(17)16-8-6-10-18(16)22-24-20(12-26-22)14(3)4/h5-10,13-14,19-20H,11-12H2,1-4H3/t19-,20-/m1/s1. The molecule has 0 radical (unpaired) electrons. The van der Waals surface area contributed by atoms with Crippen LogP contribution in [0.5, 0.6) is 0 Å². The van der Waals surface area contributed by atoms with Crippen LogP contribution in [0.1, 0.15) is 27.7 Å². The van der Waals surface area contributed by atoms with Crippen molar-refractivity contribution in [1.29, 1.82) is 0 Å². The molecule has 26 heavy (non-hydrogen) atoms. The molecular formula is C22H26N2O2. The molecule has 0 saturated carbocycles. The molecule has 0 bridgehead atoms. The molecule has 4 aliphatic rings. The summed E-state index contributed by atoms with van der Waals surface area (Å²) in [7, 11) is 0. The molecule has 2 heterocycles. The second-order valence-electron chi connectivity index (χ2n) is 7.82. The Morgan fingerprint density at radius 2 is 1.19 bits per heavy atom. The first-order chi connectivity index (χ1) is 12.5. The fraction of sp³-hybridized carbons (Fsp3) is 0.455. The lowest BCUT2D eigenvalue weighted by Crippen LogP contribution is -2.13. The van der Waals surface area contributed by atoms with Crippen LogP contribution < -0.4 is 0 Å². The molecule has 0 aromatic carbocycles. The molecule has 0 N–H and O–H groups in total. The zero-order valence-electron chi connectivity index (χ0n) is 15.9. The van der Waals surface area contributed by atoms with Gasteiger partial charge in [-0.3, -0.25) is 0 Å². The summed E-state index contributed by atoms with van der Waals surface area (Å²) < 4.78 is 11.8. The minimum Gasteiger partial charge on any atom is -0.475 e. The maximum Gasteiger partial charge on any atom is 0.217 e. The summed E-state index contributed by atoms with van der Waals surface area (Å²) in [5.41, 5.74) is 4.37. The normalized spacial score (nSPS) is 29.9. The molecule has 0 saturated heterocycles. The average Bonchev–Trinajstić information content (AvgIpc) is 3.39. The highest BCUT2D eigenvalue weighted by Crippen LogP contribution is 2.34. The molecule has 0 aromatic rings. The van der Waals surface area contributed by atoms with Crippen molar-refractivity contribution in [1.82, 2.24) is 0 Å². The van der Waals surface area contributed by atoms with Crippen LogP contribution in [-0.4, -0.2) is 37.1 Å². The fourth-order valence-corrected chi connectivity index (χ4v) is 3.44. The largest absolute Gasteiger partial charge is 0.475 e.